The highest BCUT2D eigenvalue weighted by Gasteiger charge is 2.07. The molecule has 0 unspecified atom stereocenters. The Morgan fingerprint density at radius 3 is 2.94 bits per heavy atom. The van der Waals surface area contributed by atoms with Crippen LogP contribution in [0.1, 0.15) is 12.1 Å². The highest BCUT2D eigenvalue weighted by molar-refractivity contribution is 6.31. The molecule has 0 radical (unpaired) electrons. The van der Waals surface area contributed by atoms with Crippen molar-refractivity contribution >= 4 is 17.4 Å². The summed E-state index contributed by atoms with van der Waals surface area (Å²) in [6, 6.07) is 3.54. The molecule has 1 heterocycles. The molecule has 0 aliphatic carbocycles. The first-order valence-electron chi connectivity index (χ1n) is 5.47. The zero-order chi connectivity index (χ0) is 12.7. The van der Waals surface area contributed by atoms with Crippen LogP contribution in [0.3, 0.4) is 0 Å². The summed E-state index contributed by atoms with van der Waals surface area (Å²) in [5, 5.41) is 0.655. The molecule has 1 rings (SSSR count). The van der Waals surface area contributed by atoms with E-state index in [1.807, 2.05) is 7.05 Å². The zero-order valence-corrected chi connectivity index (χ0v) is 11.0. The normalized spacial score (nSPS) is 10.9. The maximum atomic E-state index is 6.08. The van der Waals surface area contributed by atoms with Crippen molar-refractivity contribution in [2.24, 2.45) is 5.84 Å². The quantitative estimate of drug-likeness (QED) is 0.441. The van der Waals surface area contributed by atoms with Gasteiger partial charge in [-0.2, -0.15) is 0 Å². The summed E-state index contributed by atoms with van der Waals surface area (Å²) in [5.41, 5.74) is 3.33. The average Bonchev–Trinajstić information content (AvgIpc) is 2.32. The van der Waals surface area contributed by atoms with E-state index in [1.165, 1.54) is 0 Å². The third-order valence-corrected chi connectivity index (χ3v) is 2.72. The van der Waals surface area contributed by atoms with Crippen LogP contribution in [0.2, 0.25) is 5.02 Å². The maximum Gasteiger partial charge on any atom is 0.140 e. The number of hydrazine groups is 1. The molecule has 17 heavy (non-hydrogen) atoms. The number of hydrogen-bond donors (Lipinski definition) is 2. The number of nitrogen functional groups attached to an aromatic ring is 1. The first-order chi connectivity index (χ1) is 8.17. The second-order valence-electron chi connectivity index (χ2n) is 3.85. The number of pyridine rings is 1. The Morgan fingerprint density at radius 1 is 1.53 bits per heavy atom. The Hall–Kier alpha value is -0.880. The van der Waals surface area contributed by atoms with Crippen molar-refractivity contribution in [3.63, 3.8) is 0 Å². The third-order valence-electron chi connectivity index (χ3n) is 2.37. The molecular formula is C11H19ClN4O. The lowest BCUT2D eigenvalue weighted by atomic mass is 10.3. The van der Waals surface area contributed by atoms with Crippen molar-refractivity contribution in [2.75, 3.05) is 32.7 Å². The fourth-order valence-electron chi connectivity index (χ4n) is 1.49. The minimum atomic E-state index is 0.620. The number of ether oxygens (including phenoxy) is 1. The van der Waals surface area contributed by atoms with Crippen molar-refractivity contribution in [2.45, 2.75) is 13.0 Å². The molecule has 0 atom stereocenters. The van der Waals surface area contributed by atoms with E-state index >= 15 is 0 Å². The molecule has 5 nitrogen and oxygen atoms in total. The van der Waals surface area contributed by atoms with Gasteiger partial charge in [-0.25, -0.2) is 10.8 Å². The molecule has 0 fully saturated rings. The number of nitrogens with one attached hydrogen (secondary N) is 1. The van der Waals surface area contributed by atoms with Gasteiger partial charge in [-0.15, -0.1) is 0 Å². The van der Waals surface area contributed by atoms with Crippen molar-refractivity contribution in [1.82, 2.24) is 9.88 Å². The largest absolute Gasteiger partial charge is 0.385 e. The molecule has 3 N–H and O–H groups in total. The van der Waals surface area contributed by atoms with E-state index in [2.05, 4.69) is 15.3 Å². The van der Waals surface area contributed by atoms with Gasteiger partial charge in [0.25, 0.3) is 0 Å². The number of methoxy groups -OCH3 is 1. The third kappa shape index (κ3) is 4.87. The van der Waals surface area contributed by atoms with Gasteiger partial charge in [0.1, 0.15) is 5.82 Å². The van der Waals surface area contributed by atoms with Crippen molar-refractivity contribution in [3.05, 3.63) is 22.8 Å². The van der Waals surface area contributed by atoms with E-state index in [0.717, 1.165) is 25.3 Å². The lowest BCUT2D eigenvalue weighted by molar-refractivity contribution is 0.178. The van der Waals surface area contributed by atoms with E-state index < -0.39 is 0 Å². The predicted molar refractivity (Wildman–Crippen MR) is 69.9 cm³/mol. The highest BCUT2D eigenvalue weighted by atomic mass is 35.5. The van der Waals surface area contributed by atoms with E-state index in [4.69, 9.17) is 22.2 Å². The summed E-state index contributed by atoms with van der Waals surface area (Å²) < 4.78 is 5.01. The molecule has 0 bridgehead atoms. The van der Waals surface area contributed by atoms with E-state index in [1.54, 1.807) is 19.2 Å². The van der Waals surface area contributed by atoms with Crippen molar-refractivity contribution < 1.29 is 4.74 Å². The number of anilines is 1. The Labute approximate surface area is 107 Å². The minimum Gasteiger partial charge on any atom is -0.385 e. The standard InChI is InChI=1S/C11H19ClN4O/c1-16(6-3-7-17-2)8-10-9(12)4-5-11(14-10)15-13/h4-5H,3,6-8,13H2,1-2H3,(H,14,15). The van der Waals surface area contributed by atoms with Crippen LogP contribution in [-0.2, 0) is 11.3 Å². The minimum absolute atomic E-state index is 0.620. The molecule has 0 spiro atoms. The van der Waals surface area contributed by atoms with Gasteiger partial charge >= 0.3 is 0 Å². The van der Waals surface area contributed by atoms with Crippen LogP contribution in [0.4, 0.5) is 5.82 Å². The van der Waals surface area contributed by atoms with Gasteiger partial charge in [0, 0.05) is 26.8 Å². The van der Waals surface area contributed by atoms with Crippen LogP contribution >= 0.6 is 11.6 Å². The summed E-state index contributed by atoms with van der Waals surface area (Å²) in [6.45, 7) is 2.39. The maximum absolute atomic E-state index is 6.08. The topological polar surface area (TPSA) is 63.4 Å². The Morgan fingerprint density at radius 2 is 2.29 bits per heavy atom. The second-order valence-corrected chi connectivity index (χ2v) is 4.26. The smallest absolute Gasteiger partial charge is 0.140 e. The van der Waals surface area contributed by atoms with Crippen LogP contribution < -0.4 is 11.3 Å². The summed E-state index contributed by atoms with van der Waals surface area (Å²) in [4.78, 5) is 6.46. The van der Waals surface area contributed by atoms with Gasteiger partial charge < -0.3 is 15.1 Å². The lowest BCUT2D eigenvalue weighted by Gasteiger charge is -2.17. The van der Waals surface area contributed by atoms with Crippen LogP contribution in [0.15, 0.2) is 12.1 Å². The lowest BCUT2D eigenvalue weighted by Crippen LogP contribution is -2.21. The predicted octanol–water partition coefficient (Wildman–Crippen LogP) is 1.49. The molecule has 1 aromatic heterocycles. The van der Waals surface area contributed by atoms with Crippen LogP contribution in [0.5, 0.6) is 0 Å². The van der Waals surface area contributed by atoms with Gasteiger partial charge in [-0.05, 0) is 25.6 Å². The Balaban J connectivity index is 2.54. The molecule has 0 amide bonds. The summed E-state index contributed by atoms with van der Waals surface area (Å²) in [5.74, 6) is 5.93. The fraction of sp³-hybridized carbons (Fsp3) is 0.545. The Bertz CT molecular complexity index is 348. The molecule has 0 saturated carbocycles. The summed E-state index contributed by atoms with van der Waals surface area (Å²) >= 11 is 6.08. The zero-order valence-electron chi connectivity index (χ0n) is 10.2. The van der Waals surface area contributed by atoms with E-state index in [-0.39, 0.29) is 0 Å². The first kappa shape index (κ1) is 14.2. The van der Waals surface area contributed by atoms with E-state index in [0.29, 0.717) is 17.4 Å². The number of nitrogens with two attached hydrogens (primary N) is 1. The first-order valence-corrected chi connectivity index (χ1v) is 5.84. The van der Waals surface area contributed by atoms with Crippen LogP contribution in [0, 0.1) is 0 Å². The van der Waals surface area contributed by atoms with Gasteiger partial charge in [0.15, 0.2) is 0 Å². The number of aromatic nitrogens is 1. The number of halogens is 1. The summed E-state index contributed by atoms with van der Waals surface area (Å²) in [7, 11) is 3.73. The molecule has 0 saturated heterocycles. The van der Waals surface area contributed by atoms with Crippen molar-refractivity contribution in [1.29, 1.82) is 0 Å². The molecule has 0 aromatic carbocycles. The van der Waals surface area contributed by atoms with Crippen LogP contribution in [0.25, 0.3) is 0 Å². The monoisotopic (exact) mass is 258 g/mol. The molecular weight excluding hydrogens is 240 g/mol. The van der Waals surface area contributed by atoms with E-state index in [9.17, 15) is 0 Å². The molecule has 0 aliphatic rings. The summed E-state index contributed by atoms with van der Waals surface area (Å²) in [6.07, 6.45) is 0.986. The SMILES string of the molecule is COCCCN(C)Cc1nc(NN)ccc1Cl. The molecule has 96 valence electrons. The van der Waals surface area contributed by atoms with Gasteiger partial charge in [0.2, 0.25) is 0 Å². The average molecular weight is 259 g/mol. The number of nitrogens with zero attached hydrogens (tertiary/aromatic N) is 2. The number of rotatable bonds is 7. The molecule has 6 heteroatoms. The fourth-order valence-corrected chi connectivity index (χ4v) is 1.65. The number of hydrogen-bond acceptors (Lipinski definition) is 5. The van der Waals surface area contributed by atoms with Crippen LogP contribution in [-0.4, -0.2) is 37.2 Å². The molecule has 0 aliphatic heterocycles. The molecule has 1 aromatic rings. The van der Waals surface area contributed by atoms with Crippen molar-refractivity contribution in [3.8, 4) is 0 Å². The highest BCUT2D eigenvalue weighted by Crippen LogP contribution is 2.17. The van der Waals surface area contributed by atoms with Gasteiger partial charge in [0.05, 0.1) is 10.7 Å². The van der Waals surface area contributed by atoms with Gasteiger partial charge in [-0.1, -0.05) is 11.6 Å². The Kier molecular flexibility index (Phi) is 6.21. The second kappa shape index (κ2) is 7.45. The van der Waals surface area contributed by atoms with Gasteiger partial charge in [-0.3, -0.25) is 0 Å².